The largest absolute Gasteiger partial charge is 0.351 e. The van der Waals surface area contributed by atoms with Crippen molar-refractivity contribution >= 4 is 11.8 Å². The van der Waals surface area contributed by atoms with E-state index >= 15 is 0 Å². The Hall–Kier alpha value is -1.41. The molecule has 2 amide bonds. The van der Waals surface area contributed by atoms with E-state index in [1.807, 2.05) is 0 Å². The van der Waals surface area contributed by atoms with Crippen molar-refractivity contribution in [2.45, 2.75) is 81.6 Å². The predicted molar refractivity (Wildman–Crippen MR) is 146 cm³/mol. The van der Waals surface area contributed by atoms with Crippen LogP contribution in [0.1, 0.15) is 44.9 Å². The third-order valence-corrected chi connectivity index (χ3v) is 10.3. The number of piperidine rings is 3. The first-order valence-electron chi connectivity index (χ1n) is 15.4. The topological polar surface area (TPSA) is 130 Å². The molecule has 12 heteroatoms. The second-order valence-corrected chi connectivity index (χ2v) is 12.7. The molecular weight excluding hydrogens is 501 g/mol. The van der Waals surface area contributed by atoms with Crippen LogP contribution in [0, 0.1) is 17.8 Å². The number of hydrogen-bond donors (Lipinski definition) is 6. The van der Waals surface area contributed by atoms with Crippen molar-refractivity contribution in [1.82, 2.24) is 41.5 Å². The number of nitrogens with one attached hydrogen (secondary N) is 5. The number of carbonyl (C=O) groups excluding carboxylic acids is 2. The second kappa shape index (κ2) is 12.2. The third-order valence-electron chi connectivity index (χ3n) is 10.3. The van der Waals surface area contributed by atoms with E-state index in [2.05, 4.69) is 36.5 Å². The molecule has 0 aromatic carbocycles. The molecule has 11 nitrogen and oxygen atoms in total. The smallest absolute Gasteiger partial charge is 0.239 e. The minimum absolute atomic E-state index is 0.00804. The molecule has 220 valence electrons. The molecule has 6 fully saturated rings. The molecule has 7 N–H and O–H groups in total. The molecule has 0 aliphatic carbocycles. The van der Waals surface area contributed by atoms with E-state index in [0.29, 0.717) is 17.9 Å². The van der Waals surface area contributed by atoms with Crippen LogP contribution in [0.4, 0.5) is 4.39 Å². The Morgan fingerprint density at radius 3 is 2.46 bits per heavy atom. The second-order valence-electron chi connectivity index (χ2n) is 12.7. The van der Waals surface area contributed by atoms with Crippen molar-refractivity contribution in [2.75, 3.05) is 58.9 Å². The van der Waals surface area contributed by atoms with E-state index in [4.69, 9.17) is 5.73 Å². The van der Waals surface area contributed by atoms with Gasteiger partial charge in [0.25, 0.3) is 0 Å². The highest BCUT2D eigenvalue weighted by molar-refractivity contribution is 5.82. The number of nitrogens with two attached hydrogens (primary N) is 1. The normalized spacial score (nSPS) is 40.9. The summed E-state index contributed by atoms with van der Waals surface area (Å²) < 4.78 is 13.8. The molecular formula is C27H48FN9O2. The first-order valence-corrected chi connectivity index (χ1v) is 15.4. The van der Waals surface area contributed by atoms with Crippen molar-refractivity contribution in [3.63, 3.8) is 0 Å². The molecule has 0 saturated carbocycles. The van der Waals surface area contributed by atoms with Crippen LogP contribution in [0.15, 0.2) is 0 Å². The number of alkyl halides is 1. The summed E-state index contributed by atoms with van der Waals surface area (Å²) in [5, 5.41) is 15.2. The fourth-order valence-corrected chi connectivity index (χ4v) is 8.09. The van der Waals surface area contributed by atoms with E-state index in [1.54, 1.807) is 5.01 Å². The standard InChI is InChI=1S/C27H48FN9O2/c28-18-14-32-25-23(24(29)34-37(25)16-18)26(38)33-22-15-30-8-5-20(22)17-3-4-21(31-13-17)27(39)36-11-6-19(7-12-36)35-9-1-2-10-35/h17-25,30-32,34H,1-16,29H2,(H,33,38). The maximum absolute atomic E-state index is 13.8. The number of amides is 2. The molecule has 6 saturated heterocycles. The number of nitrogens with zero attached hydrogens (tertiary/aromatic N) is 3. The van der Waals surface area contributed by atoms with Crippen molar-refractivity contribution < 1.29 is 14.0 Å². The highest BCUT2D eigenvalue weighted by Crippen LogP contribution is 2.31. The first kappa shape index (κ1) is 27.7. The number of likely N-dealkylation sites (tertiary alicyclic amines) is 2. The van der Waals surface area contributed by atoms with Crippen LogP contribution in [0.2, 0.25) is 0 Å². The van der Waals surface area contributed by atoms with Gasteiger partial charge in [-0.05, 0) is 83.0 Å². The zero-order valence-electron chi connectivity index (χ0n) is 23.1. The van der Waals surface area contributed by atoms with Gasteiger partial charge in [-0.15, -0.1) is 0 Å². The van der Waals surface area contributed by atoms with Crippen LogP contribution in [0.25, 0.3) is 0 Å². The molecule has 0 bridgehead atoms. The predicted octanol–water partition coefficient (Wildman–Crippen LogP) is -1.48. The van der Waals surface area contributed by atoms with Gasteiger partial charge in [-0.1, -0.05) is 0 Å². The summed E-state index contributed by atoms with van der Waals surface area (Å²) in [6, 6.07) is 0.567. The molecule has 6 aliphatic heterocycles. The summed E-state index contributed by atoms with van der Waals surface area (Å²) in [6.07, 6.45) is 5.83. The van der Waals surface area contributed by atoms with Crippen molar-refractivity contribution in [2.24, 2.45) is 23.5 Å². The molecule has 8 atom stereocenters. The molecule has 6 aliphatic rings. The fourth-order valence-electron chi connectivity index (χ4n) is 8.09. The average molecular weight is 550 g/mol. The Morgan fingerprint density at radius 2 is 1.72 bits per heavy atom. The van der Waals surface area contributed by atoms with Gasteiger partial charge in [-0.2, -0.15) is 0 Å². The number of carbonyl (C=O) groups is 2. The molecule has 6 rings (SSSR count). The quantitative estimate of drug-likeness (QED) is 0.243. The van der Waals surface area contributed by atoms with Gasteiger partial charge in [0.1, 0.15) is 6.17 Å². The van der Waals surface area contributed by atoms with Gasteiger partial charge in [0.2, 0.25) is 11.8 Å². The number of halogens is 1. The van der Waals surface area contributed by atoms with Gasteiger partial charge in [0.05, 0.1) is 24.3 Å². The van der Waals surface area contributed by atoms with Gasteiger partial charge in [0.15, 0.2) is 0 Å². The number of fused-ring (bicyclic) bond motifs is 1. The summed E-state index contributed by atoms with van der Waals surface area (Å²) in [5.74, 6) is 0.452. The van der Waals surface area contributed by atoms with Crippen LogP contribution < -0.4 is 32.4 Å². The van der Waals surface area contributed by atoms with Crippen LogP contribution >= 0.6 is 0 Å². The lowest BCUT2D eigenvalue weighted by Gasteiger charge is -2.43. The van der Waals surface area contributed by atoms with Gasteiger partial charge >= 0.3 is 0 Å². The van der Waals surface area contributed by atoms with Crippen molar-refractivity contribution in [3.05, 3.63) is 0 Å². The number of hydrazine groups is 1. The number of hydrogen-bond acceptors (Lipinski definition) is 9. The SMILES string of the molecule is NC1NN2CC(F)CNC2C1C(=O)NC1CNCCC1C1CCC(C(=O)N2CCC(N3CCCC3)CC2)NC1. The molecule has 0 radical (unpaired) electrons. The van der Waals surface area contributed by atoms with Crippen LogP contribution in [0.5, 0.6) is 0 Å². The Kier molecular flexibility index (Phi) is 8.69. The van der Waals surface area contributed by atoms with Gasteiger partial charge < -0.3 is 31.5 Å². The lowest BCUT2D eigenvalue weighted by Crippen LogP contribution is -2.61. The monoisotopic (exact) mass is 549 g/mol. The molecule has 39 heavy (non-hydrogen) atoms. The molecule has 8 unspecified atom stereocenters. The van der Waals surface area contributed by atoms with E-state index in [9.17, 15) is 14.0 Å². The lowest BCUT2D eigenvalue weighted by atomic mass is 9.76. The summed E-state index contributed by atoms with van der Waals surface area (Å²) in [7, 11) is 0. The molecule has 0 aromatic heterocycles. The zero-order valence-corrected chi connectivity index (χ0v) is 23.1. The number of rotatable bonds is 5. The van der Waals surface area contributed by atoms with E-state index in [-0.39, 0.29) is 43.2 Å². The van der Waals surface area contributed by atoms with Crippen molar-refractivity contribution in [1.29, 1.82) is 0 Å². The summed E-state index contributed by atoms with van der Waals surface area (Å²) in [6.45, 7) is 7.13. The van der Waals surface area contributed by atoms with Gasteiger partial charge in [-0.3, -0.25) is 14.9 Å². The lowest BCUT2D eigenvalue weighted by molar-refractivity contribution is -0.136. The summed E-state index contributed by atoms with van der Waals surface area (Å²) in [5.41, 5.74) is 9.34. The fraction of sp³-hybridized carbons (Fsp3) is 0.926. The zero-order chi connectivity index (χ0) is 26.9. The first-order chi connectivity index (χ1) is 19.0. The van der Waals surface area contributed by atoms with E-state index in [1.165, 1.54) is 25.9 Å². The van der Waals surface area contributed by atoms with Gasteiger partial charge in [-0.25, -0.2) is 14.8 Å². The Bertz CT molecular complexity index is 860. The minimum atomic E-state index is -0.981. The highest BCUT2D eigenvalue weighted by atomic mass is 19.1. The Morgan fingerprint density at radius 1 is 0.923 bits per heavy atom. The maximum Gasteiger partial charge on any atom is 0.239 e. The minimum Gasteiger partial charge on any atom is -0.351 e. The molecule has 0 aromatic rings. The average Bonchev–Trinajstić information content (AvgIpc) is 3.60. The summed E-state index contributed by atoms with van der Waals surface area (Å²) in [4.78, 5) is 31.5. The molecule has 6 heterocycles. The third kappa shape index (κ3) is 5.98. The van der Waals surface area contributed by atoms with E-state index < -0.39 is 18.3 Å². The Balaban J connectivity index is 0.993. The Labute approximate surface area is 231 Å². The summed E-state index contributed by atoms with van der Waals surface area (Å²) >= 11 is 0. The van der Waals surface area contributed by atoms with E-state index in [0.717, 1.165) is 64.8 Å². The molecule has 0 spiro atoms. The van der Waals surface area contributed by atoms with Crippen molar-refractivity contribution in [3.8, 4) is 0 Å². The maximum atomic E-state index is 13.8. The highest BCUT2D eigenvalue weighted by Gasteiger charge is 2.48. The van der Waals surface area contributed by atoms with Crippen LogP contribution in [-0.2, 0) is 9.59 Å². The van der Waals surface area contributed by atoms with Gasteiger partial charge in [0, 0.05) is 44.8 Å². The van der Waals surface area contributed by atoms with Crippen LogP contribution in [0.3, 0.4) is 0 Å². The van der Waals surface area contributed by atoms with Crippen LogP contribution in [-0.4, -0.2) is 122 Å².